The maximum atomic E-state index is 6.69. The summed E-state index contributed by atoms with van der Waals surface area (Å²) in [7, 11) is 4.24. The van der Waals surface area contributed by atoms with Crippen LogP contribution in [-0.2, 0) is 0 Å². The van der Waals surface area contributed by atoms with Crippen LogP contribution in [0, 0.1) is 0 Å². The molecule has 0 radical (unpaired) electrons. The molecule has 3 heteroatoms. The predicted molar refractivity (Wildman–Crippen MR) is 85.7 cm³/mol. The Morgan fingerprint density at radius 3 is 2.45 bits per heavy atom. The minimum absolute atomic E-state index is 0.0237. The van der Waals surface area contributed by atoms with Gasteiger partial charge in [0.05, 0.1) is 5.52 Å². The van der Waals surface area contributed by atoms with Gasteiger partial charge in [-0.3, -0.25) is 4.98 Å². The Morgan fingerprint density at radius 1 is 1.15 bits per heavy atom. The van der Waals surface area contributed by atoms with E-state index >= 15 is 0 Å². The van der Waals surface area contributed by atoms with E-state index in [0.29, 0.717) is 0 Å². The lowest BCUT2D eigenvalue weighted by molar-refractivity contribution is 0.106. The van der Waals surface area contributed by atoms with E-state index in [9.17, 15) is 0 Å². The Labute approximate surface area is 121 Å². The molecule has 3 nitrogen and oxygen atoms in total. The van der Waals surface area contributed by atoms with Gasteiger partial charge in [0.15, 0.2) is 0 Å². The molecule has 1 atom stereocenters. The molecule has 1 aromatic heterocycles. The SMILES string of the molecule is CCC(CC)(C(N)c1cccc2ncccc12)N(C)C. The van der Waals surface area contributed by atoms with Gasteiger partial charge in [0.1, 0.15) is 0 Å². The van der Waals surface area contributed by atoms with Crippen LogP contribution in [0.3, 0.4) is 0 Å². The molecular formula is C17H25N3. The second-order valence-electron chi connectivity index (χ2n) is 5.60. The summed E-state index contributed by atoms with van der Waals surface area (Å²) in [5, 5.41) is 1.16. The van der Waals surface area contributed by atoms with Gasteiger partial charge in [0.2, 0.25) is 0 Å². The lowest BCUT2D eigenvalue weighted by Crippen LogP contribution is -2.51. The summed E-state index contributed by atoms with van der Waals surface area (Å²) in [5.41, 5.74) is 8.87. The van der Waals surface area contributed by atoms with Crippen LogP contribution in [0.25, 0.3) is 10.9 Å². The van der Waals surface area contributed by atoms with E-state index in [1.807, 2.05) is 18.3 Å². The quantitative estimate of drug-likeness (QED) is 0.906. The topological polar surface area (TPSA) is 42.1 Å². The van der Waals surface area contributed by atoms with Crippen molar-refractivity contribution in [1.29, 1.82) is 0 Å². The number of hydrogen-bond acceptors (Lipinski definition) is 3. The molecule has 2 N–H and O–H groups in total. The maximum absolute atomic E-state index is 6.69. The lowest BCUT2D eigenvalue weighted by Gasteiger charge is -2.44. The minimum atomic E-state index is -0.0274. The molecule has 0 spiro atoms. The van der Waals surface area contributed by atoms with Crippen LogP contribution in [0.15, 0.2) is 36.5 Å². The van der Waals surface area contributed by atoms with Crippen molar-refractivity contribution in [2.45, 2.75) is 38.3 Å². The highest BCUT2D eigenvalue weighted by Crippen LogP contribution is 2.36. The second-order valence-corrected chi connectivity index (χ2v) is 5.60. The highest BCUT2D eigenvalue weighted by Gasteiger charge is 2.37. The van der Waals surface area contributed by atoms with E-state index < -0.39 is 0 Å². The summed E-state index contributed by atoms with van der Waals surface area (Å²) in [6.45, 7) is 4.43. The van der Waals surface area contributed by atoms with Gasteiger partial charge in [-0.15, -0.1) is 0 Å². The molecule has 1 unspecified atom stereocenters. The summed E-state index contributed by atoms with van der Waals surface area (Å²) in [6, 6.07) is 10.3. The van der Waals surface area contributed by atoms with E-state index in [2.05, 4.69) is 56.0 Å². The largest absolute Gasteiger partial charge is 0.322 e. The zero-order chi connectivity index (χ0) is 14.8. The molecule has 2 rings (SSSR count). The monoisotopic (exact) mass is 271 g/mol. The number of hydrogen-bond donors (Lipinski definition) is 1. The maximum Gasteiger partial charge on any atom is 0.0705 e. The molecule has 1 aromatic carbocycles. The number of pyridine rings is 1. The Hall–Kier alpha value is -1.45. The molecule has 20 heavy (non-hydrogen) atoms. The van der Waals surface area contributed by atoms with Crippen molar-refractivity contribution in [3.8, 4) is 0 Å². The highest BCUT2D eigenvalue weighted by atomic mass is 15.2. The van der Waals surface area contributed by atoms with Crippen molar-refractivity contribution in [3.63, 3.8) is 0 Å². The molecular weight excluding hydrogens is 246 g/mol. The summed E-state index contributed by atoms with van der Waals surface area (Å²) in [6.07, 6.45) is 3.87. The molecule has 0 saturated carbocycles. The third kappa shape index (κ3) is 2.32. The van der Waals surface area contributed by atoms with Gasteiger partial charge in [-0.2, -0.15) is 0 Å². The number of nitrogens with zero attached hydrogens (tertiary/aromatic N) is 2. The zero-order valence-corrected chi connectivity index (χ0v) is 12.9. The highest BCUT2D eigenvalue weighted by molar-refractivity contribution is 5.82. The Bertz CT molecular complexity index is 568. The Balaban J connectivity index is 2.57. The molecule has 0 aliphatic carbocycles. The summed E-state index contributed by atoms with van der Waals surface area (Å²) >= 11 is 0. The third-order valence-electron chi connectivity index (χ3n) is 4.71. The molecule has 2 aromatic rings. The van der Waals surface area contributed by atoms with Gasteiger partial charge in [0, 0.05) is 23.2 Å². The van der Waals surface area contributed by atoms with E-state index in [4.69, 9.17) is 5.73 Å². The third-order valence-corrected chi connectivity index (χ3v) is 4.71. The van der Waals surface area contributed by atoms with Gasteiger partial charge in [-0.05, 0) is 44.6 Å². The number of fused-ring (bicyclic) bond motifs is 1. The predicted octanol–water partition coefficient (Wildman–Crippen LogP) is 3.36. The average Bonchev–Trinajstić information content (AvgIpc) is 2.48. The fourth-order valence-electron chi connectivity index (χ4n) is 3.29. The molecule has 0 bridgehead atoms. The van der Waals surface area contributed by atoms with Crippen molar-refractivity contribution < 1.29 is 0 Å². The molecule has 0 saturated heterocycles. The van der Waals surface area contributed by atoms with Gasteiger partial charge in [-0.1, -0.05) is 32.0 Å². The van der Waals surface area contributed by atoms with E-state index in [0.717, 1.165) is 23.7 Å². The first-order valence-electron chi connectivity index (χ1n) is 7.33. The first kappa shape index (κ1) is 14.9. The van der Waals surface area contributed by atoms with Gasteiger partial charge >= 0.3 is 0 Å². The van der Waals surface area contributed by atoms with Crippen molar-refractivity contribution in [2.24, 2.45) is 5.73 Å². The van der Waals surface area contributed by atoms with E-state index in [-0.39, 0.29) is 11.6 Å². The van der Waals surface area contributed by atoms with Crippen LogP contribution in [0.1, 0.15) is 38.3 Å². The smallest absolute Gasteiger partial charge is 0.0705 e. The van der Waals surface area contributed by atoms with Crippen molar-refractivity contribution in [3.05, 3.63) is 42.1 Å². The number of likely N-dealkylation sites (N-methyl/N-ethyl adjacent to an activating group) is 1. The van der Waals surface area contributed by atoms with Gasteiger partial charge < -0.3 is 10.6 Å². The number of aromatic nitrogens is 1. The fraction of sp³-hybridized carbons (Fsp3) is 0.471. The van der Waals surface area contributed by atoms with Crippen LogP contribution in [0.5, 0.6) is 0 Å². The Kier molecular flexibility index (Phi) is 4.41. The molecule has 0 aliphatic heterocycles. The number of nitrogens with two attached hydrogens (primary N) is 1. The molecule has 0 amide bonds. The minimum Gasteiger partial charge on any atom is -0.322 e. The average molecular weight is 271 g/mol. The first-order chi connectivity index (χ1) is 9.56. The van der Waals surface area contributed by atoms with Crippen molar-refractivity contribution in [1.82, 2.24) is 9.88 Å². The lowest BCUT2D eigenvalue weighted by atomic mass is 9.79. The van der Waals surface area contributed by atoms with E-state index in [1.165, 1.54) is 5.56 Å². The van der Waals surface area contributed by atoms with Crippen LogP contribution in [0.2, 0.25) is 0 Å². The summed E-state index contributed by atoms with van der Waals surface area (Å²) < 4.78 is 0. The van der Waals surface area contributed by atoms with Crippen LogP contribution in [-0.4, -0.2) is 29.5 Å². The summed E-state index contributed by atoms with van der Waals surface area (Å²) in [5.74, 6) is 0. The zero-order valence-electron chi connectivity index (χ0n) is 12.9. The molecule has 0 aliphatic rings. The van der Waals surface area contributed by atoms with Gasteiger partial charge in [-0.25, -0.2) is 0 Å². The van der Waals surface area contributed by atoms with Crippen LogP contribution < -0.4 is 5.73 Å². The fourth-order valence-corrected chi connectivity index (χ4v) is 3.29. The normalized spacial score (nSPS) is 13.9. The summed E-state index contributed by atoms with van der Waals surface area (Å²) in [4.78, 5) is 6.70. The van der Waals surface area contributed by atoms with Crippen molar-refractivity contribution >= 4 is 10.9 Å². The number of benzene rings is 1. The Morgan fingerprint density at radius 2 is 1.85 bits per heavy atom. The molecule has 1 heterocycles. The second kappa shape index (κ2) is 5.90. The number of rotatable bonds is 5. The standard InChI is InChI=1S/C17H25N3/c1-5-17(6-2,20(3)4)16(18)14-9-7-11-15-13(14)10-8-12-19-15/h7-12,16H,5-6,18H2,1-4H3. The van der Waals surface area contributed by atoms with Crippen LogP contribution >= 0.6 is 0 Å². The molecule has 0 fully saturated rings. The van der Waals surface area contributed by atoms with Crippen LogP contribution in [0.4, 0.5) is 0 Å². The molecule has 108 valence electrons. The van der Waals surface area contributed by atoms with Gasteiger partial charge in [0.25, 0.3) is 0 Å². The van der Waals surface area contributed by atoms with Crippen molar-refractivity contribution in [2.75, 3.05) is 14.1 Å². The first-order valence-corrected chi connectivity index (χ1v) is 7.33. The van der Waals surface area contributed by atoms with E-state index in [1.54, 1.807) is 0 Å².